The zero-order chi connectivity index (χ0) is 24.5. The van der Waals surface area contributed by atoms with E-state index in [1.165, 1.54) is 7.11 Å². The van der Waals surface area contributed by atoms with Crippen molar-refractivity contribution in [3.8, 4) is 0 Å². The molecule has 1 spiro atoms. The maximum Gasteiger partial charge on any atom is 0.308 e. The Hall–Kier alpha value is -0.850. The number of rotatable bonds is 6. The Morgan fingerprint density at radius 3 is 2.32 bits per heavy atom. The molecule has 194 valence electrons. The van der Waals surface area contributed by atoms with Crippen LogP contribution in [0.3, 0.4) is 0 Å². The van der Waals surface area contributed by atoms with E-state index in [0.29, 0.717) is 28.4 Å². The number of hydrogen-bond acceptors (Lipinski definition) is 4. The third-order valence-corrected chi connectivity index (χ3v) is 10.1. The third-order valence-electron chi connectivity index (χ3n) is 9.67. The van der Waals surface area contributed by atoms with Crippen LogP contribution in [0.5, 0.6) is 0 Å². The molecule has 2 aliphatic heterocycles. The van der Waals surface area contributed by atoms with Crippen LogP contribution in [-0.4, -0.2) is 59.2 Å². The van der Waals surface area contributed by atoms with Gasteiger partial charge in [-0.15, -0.1) is 21.7 Å². The first-order chi connectivity index (χ1) is 16.3. The van der Waals surface area contributed by atoms with Crippen molar-refractivity contribution in [1.29, 1.82) is 0 Å². The number of carbonyl (C=O) groups is 2. The van der Waals surface area contributed by atoms with Gasteiger partial charge in [0, 0.05) is 18.2 Å². The average Bonchev–Trinajstić information content (AvgIpc) is 3.11. The monoisotopic (exact) mass is 496 g/mol. The molecule has 7 heteroatoms. The molecule has 4 rings (SSSR count). The van der Waals surface area contributed by atoms with E-state index in [-0.39, 0.29) is 29.3 Å². The van der Waals surface area contributed by atoms with Crippen molar-refractivity contribution in [2.24, 2.45) is 29.6 Å². The molecule has 4 aliphatic rings. The summed E-state index contributed by atoms with van der Waals surface area (Å²) >= 11 is 6.57. The Balaban J connectivity index is 1.56. The summed E-state index contributed by atoms with van der Waals surface area (Å²) in [5.41, 5.74) is 3.93. The van der Waals surface area contributed by atoms with Crippen LogP contribution in [0.4, 0.5) is 0 Å². The lowest BCUT2D eigenvalue weighted by molar-refractivity contribution is -1.06. The normalized spacial score (nSPS) is 40.1. The third kappa shape index (κ3) is 5.15. The smallest absolute Gasteiger partial charge is 0.308 e. The van der Waals surface area contributed by atoms with Gasteiger partial charge in [0.15, 0.2) is 0 Å². The molecular weight excluding hydrogens is 450 g/mol. The lowest BCUT2D eigenvalue weighted by Gasteiger charge is -2.48. The van der Waals surface area contributed by atoms with E-state index < -0.39 is 0 Å². The largest absolute Gasteiger partial charge is 0.469 e. The molecule has 0 aromatic carbocycles. The molecular formula is C27H47ClN3O3+. The molecule has 0 radical (unpaired) electrons. The van der Waals surface area contributed by atoms with Gasteiger partial charge in [0.25, 0.3) is 5.91 Å². The summed E-state index contributed by atoms with van der Waals surface area (Å²) in [4.78, 5) is 26.3. The van der Waals surface area contributed by atoms with Gasteiger partial charge in [0.2, 0.25) is 0 Å². The summed E-state index contributed by atoms with van der Waals surface area (Å²) in [5.74, 6) is 2.46. The zero-order valence-corrected chi connectivity index (χ0v) is 22.6. The number of hydrogen-bond donors (Lipinski definition) is 1. The zero-order valence-electron chi connectivity index (χ0n) is 21.8. The van der Waals surface area contributed by atoms with Crippen molar-refractivity contribution in [2.45, 2.75) is 109 Å². The second-order valence-electron chi connectivity index (χ2n) is 11.9. The summed E-state index contributed by atoms with van der Waals surface area (Å²) in [7, 11) is 1.49. The number of esters is 1. The molecule has 34 heavy (non-hydrogen) atoms. The number of alkyl halides is 1. The van der Waals surface area contributed by atoms with Crippen LogP contribution in [0, 0.1) is 29.6 Å². The van der Waals surface area contributed by atoms with Crippen molar-refractivity contribution in [1.82, 2.24) is 10.4 Å². The van der Waals surface area contributed by atoms with Gasteiger partial charge in [-0.1, -0.05) is 27.2 Å². The van der Waals surface area contributed by atoms with Crippen LogP contribution in [0.1, 0.15) is 91.4 Å². The van der Waals surface area contributed by atoms with Crippen LogP contribution in [0.25, 0.3) is 0 Å². The Morgan fingerprint density at radius 2 is 1.76 bits per heavy atom. The maximum absolute atomic E-state index is 14.2. The molecule has 2 saturated heterocycles. The van der Waals surface area contributed by atoms with E-state index >= 15 is 0 Å². The van der Waals surface area contributed by atoms with Gasteiger partial charge in [-0.25, -0.2) is 0 Å². The molecule has 1 N–H and O–H groups in total. The number of quaternary nitrogens is 1. The number of ether oxygens (including phenoxy) is 1. The summed E-state index contributed by atoms with van der Waals surface area (Å²) in [6.07, 6.45) is 11.2. The van der Waals surface area contributed by atoms with Crippen molar-refractivity contribution in [3.05, 3.63) is 0 Å². The van der Waals surface area contributed by atoms with Gasteiger partial charge in [-0.2, -0.15) is 5.01 Å². The Kier molecular flexibility index (Phi) is 8.52. The number of nitrogens with zero attached hydrogens (tertiary/aromatic N) is 2. The summed E-state index contributed by atoms with van der Waals surface area (Å²) in [5, 5.41) is 2.49. The fraction of sp³-hybridized carbons (Fsp3) is 0.926. The van der Waals surface area contributed by atoms with E-state index in [9.17, 15) is 9.59 Å². The van der Waals surface area contributed by atoms with E-state index in [4.69, 9.17) is 16.3 Å². The predicted octanol–water partition coefficient (Wildman–Crippen LogP) is 5.06. The molecule has 4 atom stereocenters. The molecule has 2 saturated carbocycles. The predicted molar refractivity (Wildman–Crippen MR) is 134 cm³/mol. The minimum absolute atomic E-state index is 0.0201. The Bertz CT molecular complexity index is 716. The van der Waals surface area contributed by atoms with Crippen LogP contribution >= 0.6 is 11.6 Å². The molecule has 0 bridgehead atoms. The fourth-order valence-corrected chi connectivity index (χ4v) is 7.95. The number of piperidine rings is 1. The van der Waals surface area contributed by atoms with Gasteiger partial charge in [-0.3, -0.25) is 9.59 Å². The van der Waals surface area contributed by atoms with E-state index in [1.54, 1.807) is 0 Å². The minimum atomic E-state index is -0.113. The topological polar surface area (TPSA) is 58.6 Å². The highest BCUT2D eigenvalue weighted by molar-refractivity contribution is 6.20. The van der Waals surface area contributed by atoms with E-state index in [0.717, 1.165) is 89.6 Å². The van der Waals surface area contributed by atoms with Gasteiger partial charge in [0.1, 0.15) is 19.1 Å². The number of halogens is 1. The molecule has 2 heterocycles. The van der Waals surface area contributed by atoms with Crippen LogP contribution < -0.4 is 5.43 Å². The van der Waals surface area contributed by atoms with Crippen molar-refractivity contribution in [2.75, 3.05) is 20.2 Å². The molecule has 4 unspecified atom stereocenters. The van der Waals surface area contributed by atoms with Crippen LogP contribution in [-0.2, 0) is 14.3 Å². The highest BCUT2D eigenvalue weighted by Crippen LogP contribution is 2.42. The molecule has 1 amide bonds. The van der Waals surface area contributed by atoms with Crippen molar-refractivity contribution >= 4 is 23.5 Å². The number of amides is 1. The fourth-order valence-electron chi connectivity index (χ4n) is 7.57. The van der Waals surface area contributed by atoms with Crippen molar-refractivity contribution in [3.63, 3.8) is 0 Å². The second-order valence-corrected chi connectivity index (χ2v) is 12.5. The standard InChI is InChI=1S/C27H47ClN3O3/c1-5-24(20-9-11-21(12-10-20)27(33)34-4)30-26(32)25(22-7-6-8-23(28)17-22)29-31(30)15-13-19(14-16-31)18(2)3/h18-25,29H,5-17H2,1-4H3/q+1. The maximum atomic E-state index is 14.2. The van der Waals surface area contributed by atoms with E-state index in [2.05, 4.69) is 31.2 Å². The van der Waals surface area contributed by atoms with Gasteiger partial charge < -0.3 is 4.74 Å². The number of carbonyl (C=O) groups excluding carboxylic acids is 2. The average molecular weight is 497 g/mol. The first kappa shape index (κ1) is 26.2. The molecule has 0 aromatic heterocycles. The molecule has 2 aliphatic carbocycles. The minimum Gasteiger partial charge on any atom is -0.469 e. The molecule has 0 aromatic rings. The number of methoxy groups -OCH3 is 1. The summed E-state index contributed by atoms with van der Waals surface area (Å²) < 4.78 is 5.65. The van der Waals surface area contributed by atoms with E-state index in [1.807, 2.05) is 0 Å². The van der Waals surface area contributed by atoms with Crippen LogP contribution in [0.15, 0.2) is 0 Å². The van der Waals surface area contributed by atoms with Crippen molar-refractivity contribution < 1.29 is 19.0 Å². The quantitative estimate of drug-likeness (QED) is 0.317. The summed E-state index contributed by atoms with van der Waals surface area (Å²) in [6, 6.07) is 0.104. The molecule has 6 nitrogen and oxygen atoms in total. The highest BCUT2D eigenvalue weighted by atomic mass is 35.5. The van der Waals surface area contributed by atoms with Crippen LogP contribution in [0.2, 0.25) is 0 Å². The lowest BCUT2D eigenvalue weighted by Crippen LogP contribution is -2.68. The first-order valence-corrected chi connectivity index (χ1v) is 14.4. The lowest BCUT2D eigenvalue weighted by atomic mass is 9.77. The summed E-state index contributed by atoms with van der Waals surface area (Å²) in [6.45, 7) is 8.90. The second kappa shape index (κ2) is 11.0. The molecule has 4 fully saturated rings. The SMILES string of the molecule is CCC(C1CCC(C(=O)OC)CC1)N1C(=O)C(C2CCCC(Cl)C2)N[N+]12CCC(C(C)C)CC2. The van der Waals surface area contributed by atoms with Gasteiger partial charge in [0.05, 0.1) is 19.1 Å². The van der Waals surface area contributed by atoms with Gasteiger partial charge >= 0.3 is 5.97 Å². The van der Waals surface area contributed by atoms with Gasteiger partial charge in [-0.05, 0) is 75.0 Å². The number of nitrogens with one attached hydrogen (secondary N) is 1. The first-order valence-electron chi connectivity index (χ1n) is 14.0. The Morgan fingerprint density at radius 1 is 1.09 bits per heavy atom. The Labute approximate surface area is 211 Å². The highest BCUT2D eigenvalue weighted by Gasteiger charge is 2.58.